The van der Waals surface area contributed by atoms with Crippen LogP contribution in [0.2, 0.25) is 0 Å². The number of fused-ring (bicyclic) bond motifs is 3. The Labute approximate surface area is 160 Å². The van der Waals surface area contributed by atoms with E-state index in [1.54, 1.807) is 0 Å². The zero-order chi connectivity index (χ0) is 19.8. The summed E-state index contributed by atoms with van der Waals surface area (Å²) in [5, 5.41) is 17.3. The summed E-state index contributed by atoms with van der Waals surface area (Å²) < 4.78 is 26.1. The fourth-order valence-corrected chi connectivity index (χ4v) is 6.74. The monoisotopic (exact) mass is 395 g/mol. The lowest BCUT2D eigenvalue weighted by molar-refractivity contribution is 0.0840. The zero-order valence-corrected chi connectivity index (χ0v) is 17.3. The van der Waals surface area contributed by atoms with Crippen LogP contribution in [0.15, 0.2) is 0 Å². The maximum Gasteiger partial charge on any atom is 0.272 e. The van der Waals surface area contributed by atoms with Gasteiger partial charge in [-0.15, -0.1) is 0 Å². The molecule has 27 heavy (non-hydrogen) atoms. The van der Waals surface area contributed by atoms with Crippen molar-refractivity contribution in [3.63, 3.8) is 0 Å². The number of rotatable bonds is 4. The number of carbonyl (C=O) groups is 1. The van der Waals surface area contributed by atoms with Crippen LogP contribution >= 0.6 is 0 Å². The van der Waals surface area contributed by atoms with E-state index in [9.17, 15) is 18.3 Å². The number of amides is 1. The number of aliphatic hydroxyl groups excluding tert-OH is 1. The Hall–Kier alpha value is -1.41. The maximum atomic E-state index is 13.0. The van der Waals surface area contributed by atoms with Crippen molar-refractivity contribution in [2.75, 3.05) is 18.1 Å². The Morgan fingerprint density at radius 1 is 1.44 bits per heavy atom. The van der Waals surface area contributed by atoms with Crippen LogP contribution in [0.4, 0.5) is 0 Å². The van der Waals surface area contributed by atoms with Gasteiger partial charge in [0.25, 0.3) is 5.91 Å². The number of hydrogen-bond donors (Lipinski definition) is 2. The van der Waals surface area contributed by atoms with Crippen molar-refractivity contribution in [1.29, 1.82) is 0 Å². The first-order valence-electron chi connectivity index (χ1n) is 9.69. The van der Waals surface area contributed by atoms with Gasteiger partial charge in [-0.25, -0.2) is 8.42 Å². The minimum atomic E-state index is -3.07. The Bertz CT molecular complexity index is 899. The van der Waals surface area contributed by atoms with Crippen LogP contribution in [0.5, 0.6) is 0 Å². The number of nitrogens with one attached hydrogen (secondary N) is 1. The summed E-state index contributed by atoms with van der Waals surface area (Å²) in [5.74, 6) is 0.946. The molecule has 2 heterocycles. The smallest absolute Gasteiger partial charge is 0.272 e. The third kappa shape index (κ3) is 3.10. The number of hydrogen-bond acceptors (Lipinski definition) is 5. The first-order chi connectivity index (χ1) is 12.5. The van der Waals surface area contributed by atoms with Gasteiger partial charge in [0.15, 0.2) is 15.5 Å². The lowest BCUT2D eigenvalue weighted by atomic mass is 9.87. The molecule has 0 aromatic carbocycles. The Morgan fingerprint density at radius 2 is 2.15 bits per heavy atom. The summed E-state index contributed by atoms with van der Waals surface area (Å²) in [6.45, 7) is 7.71. The molecule has 4 atom stereocenters. The van der Waals surface area contributed by atoms with Crippen molar-refractivity contribution < 1.29 is 18.3 Å². The van der Waals surface area contributed by atoms with Gasteiger partial charge in [-0.2, -0.15) is 5.10 Å². The van der Waals surface area contributed by atoms with Crippen molar-refractivity contribution in [3.8, 4) is 0 Å². The summed E-state index contributed by atoms with van der Waals surface area (Å²) in [6.07, 6.45) is 2.47. The van der Waals surface area contributed by atoms with E-state index in [0.717, 1.165) is 24.1 Å². The summed E-state index contributed by atoms with van der Waals surface area (Å²) in [6, 6.07) is -0.371. The second-order valence-corrected chi connectivity index (χ2v) is 12.0. The number of sulfone groups is 1. The highest BCUT2D eigenvalue weighted by molar-refractivity contribution is 7.91. The van der Waals surface area contributed by atoms with E-state index in [1.807, 2.05) is 32.4 Å². The van der Waals surface area contributed by atoms with Crippen molar-refractivity contribution in [3.05, 3.63) is 17.0 Å². The minimum Gasteiger partial charge on any atom is -0.394 e. The Morgan fingerprint density at radius 3 is 2.70 bits per heavy atom. The molecule has 0 radical (unpaired) electrons. The molecule has 2 N–H and O–H groups in total. The molecule has 0 spiro atoms. The van der Waals surface area contributed by atoms with Crippen LogP contribution in [-0.4, -0.2) is 53.4 Å². The Kier molecular flexibility index (Phi) is 4.06. The number of nitrogens with zero attached hydrogens (tertiary/aromatic N) is 2. The standard InChI is InChI=1S/C19H29N3O4S/c1-18(2,3)14(9-23)20-17(24)15-13-8-11-7-12(11)16(13)22(21-15)19(4)5-6-27(25,26)10-19/h11-12,14,23H,5-10H2,1-4H3,(H,20,24)/t11-,12-,14-,19+/m1/s1. The maximum absolute atomic E-state index is 13.0. The molecule has 1 saturated heterocycles. The molecule has 0 unspecified atom stereocenters. The van der Waals surface area contributed by atoms with Crippen molar-refractivity contribution >= 4 is 15.7 Å². The molecule has 1 aromatic heterocycles. The predicted molar refractivity (Wildman–Crippen MR) is 101 cm³/mol. The average Bonchev–Trinajstić information content (AvgIpc) is 2.91. The van der Waals surface area contributed by atoms with Crippen LogP contribution in [0.3, 0.4) is 0 Å². The topological polar surface area (TPSA) is 101 Å². The van der Waals surface area contributed by atoms with E-state index in [0.29, 0.717) is 24.0 Å². The van der Waals surface area contributed by atoms with Gasteiger partial charge in [0, 0.05) is 17.2 Å². The molecule has 2 aliphatic carbocycles. The second kappa shape index (κ2) is 5.80. The minimum absolute atomic E-state index is 0.0772. The molecule has 1 aliphatic heterocycles. The molecule has 1 aromatic rings. The average molecular weight is 396 g/mol. The first kappa shape index (κ1) is 18.9. The molecule has 8 heteroatoms. The SMILES string of the molecule is CC(C)(C)[C@@H](CO)NC(=O)c1nn([C@@]2(C)CCS(=O)(=O)C2)c2c1C[C@H]1C[C@@H]21. The van der Waals surface area contributed by atoms with Crippen molar-refractivity contribution in [2.24, 2.45) is 11.3 Å². The van der Waals surface area contributed by atoms with E-state index in [4.69, 9.17) is 0 Å². The molecule has 4 rings (SSSR count). The van der Waals surface area contributed by atoms with E-state index in [1.165, 1.54) is 0 Å². The van der Waals surface area contributed by atoms with Crippen LogP contribution < -0.4 is 5.32 Å². The molecule has 3 aliphatic rings. The summed E-state index contributed by atoms with van der Waals surface area (Å²) in [4.78, 5) is 13.0. The van der Waals surface area contributed by atoms with Gasteiger partial charge in [-0.05, 0) is 37.5 Å². The van der Waals surface area contributed by atoms with Crippen LogP contribution in [0.1, 0.15) is 68.2 Å². The Balaban J connectivity index is 1.70. The highest BCUT2D eigenvalue weighted by Gasteiger charge is 2.53. The molecule has 1 saturated carbocycles. The lowest BCUT2D eigenvalue weighted by Gasteiger charge is -2.29. The molecule has 0 bridgehead atoms. The van der Waals surface area contributed by atoms with Crippen LogP contribution in [-0.2, 0) is 21.8 Å². The quantitative estimate of drug-likeness (QED) is 0.798. The molecular weight excluding hydrogens is 366 g/mol. The zero-order valence-electron chi connectivity index (χ0n) is 16.4. The van der Waals surface area contributed by atoms with E-state index in [2.05, 4.69) is 10.4 Å². The highest BCUT2D eigenvalue weighted by atomic mass is 32.2. The number of aromatic nitrogens is 2. The second-order valence-electron chi connectivity index (χ2n) is 9.84. The lowest BCUT2D eigenvalue weighted by Crippen LogP contribution is -2.46. The van der Waals surface area contributed by atoms with Gasteiger partial charge < -0.3 is 10.4 Å². The number of aliphatic hydroxyl groups is 1. The third-order valence-electron chi connectivity index (χ3n) is 6.51. The van der Waals surface area contributed by atoms with E-state index < -0.39 is 15.4 Å². The van der Waals surface area contributed by atoms with Gasteiger partial charge in [0.2, 0.25) is 0 Å². The van der Waals surface area contributed by atoms with Gasteiger partial charge >= 0.3 is 0 Å². The normalized spacial score (nSPS) is 32.0. The molecule has 2 fully saturated rings. The van der Waals surface area contributed by atoms with E-state index in [-0.39, 0.29) is 35.5 Å². The molecule has 1 amide bonds. The fourth-order valence-electron chi connectivity index (χ4n) is 4.63. The summed E-state index contributed by atoms with van der Waals surface area (Å²) in [7, 11) is -3.07. The third-order valence-corrected chi connectivity index (χ3v) is 8.39. The fraction of sp³-hybridized carbons (Fsp3) is 0.789. The number of carbonyl (C=O) groups excluding carboxylic acids is 1. The van der Waals surface area contributed by atoms with Crippen LogP contribution in [0, 0.1) is 11.3 Å². The summed E-state index contributed by atoms with van der Waals surface area (Å²) >= 11 is 0. The molecule has 150 valence electrons. The van der Waals surface area contributed by atoms with Gasteiger partial charge in [-0.1, -0.05) is 20.8 Å². The first-order valence-corrected chi connectivity index (χ1v) is 11.5. The van der Waals surface area contributed by atoms with Crippen molar-refractivity contribution in [1.82, 2.24) is 15.1 Å². The van der Waals surface area contributed by atoms with Crippen LogP contribution in [0.25, 0.3) is 0 Å². The van der Waals surface area contributed by atoms with Gasteiger partial charge in [0.05, 0.1) is 29.7 Å². The van der Waals surface area contributed by atoms with E-state index >= 15 is 0 Å². The predicted octanol–water partition coefficient (Wildman–Crippen LogP) is 1.21. The van der Waals surface area contributed by atoms with Gasteiger partial charge in [0.1, 0.15) is 0 Å². The van der Waals surface area contributed by atoms with Crippen molar-refractivity contribution in [2.45, 2.75) is 64.5 Å². The highest BCUT2D eigenvalue weighted by Crippen LogP contribution is 2.58. The summed E-state index contributed by atoms with van der Waals surface area (Å²) in [5.41, 5.74) is 1.60. The molecule has 7 nitrogen and oxygen atoms in total. The molecular formula is C19H29N3O4S. The van der Waals surface area contributed by atoms with Gasteiger partial charge in [-0.3, -0.25) is 9.48 Å². The largest absolute Gasteiger partial charge is 0.394 e.